The van der Waals surface area contributed by atoms with Crippen LogP contribution in [0.4, 0.5) is 0 Å². The average molecular weight is 256 g/mol. The maximum Gasteiger partial charge on any atom is 0.305 e. The summed E-state index contributed by atoms with van der Waals surface area (Å²) in [5.41, 5.74) is 0. The molecule has 0 aliphatic heterocycles. The highest BCUT2D eigenvalue weighted by molar-refractivity contribution is 7.98. The number of carboxylic acids is 1. The van der Waals surface area contributed by atoms with Crippen LogP contribution in [-0.4, -0.2) is 35.1 Å². The van der Waals surface area contributed by atoms with Crippen LogP contribution in [0, 0.1) is 0 Å². The van der Waals surface area contributed by atoms with Gasteiger partial charge in [-0.25, -0.2) is 0 Å². The molecule has 0 heterocycles. The molecule has 17 heavy (non-hydrogen) atoms. The lowest BCUT2D eigenvalue weighted by atomic mass is 10.2. The van der Waals surface area contributed by atoms with Gasteiger partial charge in [0, 0.05) is 11.3 Å². The molecule has 0 aliphatic carbocycles. The molecule has 4 nitrogen and oxygen atoms in total. The lowest BCUT2D eigenvalue weighted by Gasteiger charge is -2.11. The number of hydrogen-bond donors (Lipinski definition) is 2. The Labute approximate surface area is 105 Å². The normalized spacial score (nSPS) is 12.1. The number of para-hydroxylation sites is 1. The maximum absolute atomic E-state index is 10.3. The second-order valence-corrected chi connectivity index (χ2v) is 4.39. The monoisotopic (exact) mass is 256 g/mol. The summed E-state index contributed by atoms with van der Waals surface area (Å²) in [6.45, 7) is 0.312. The van der Waals surface area contributed by atoms with Gasteiger partial charge in [-0.2, -0.15) is 0 Å². The Balaban J connectivity index is 2.37. The molecule has 0 radical (unpaired) electrons. The van der Waals surface area contributed by atoms with Crippen molar-refractivity contribution in [2.24, 2.45) is 0 Å². The van der Waals surface area contributed by atoms with E-state index in [1.165, 1.54) is 0 Å². The Bertz CT molecular complexity index is 367. The van der Waals surface area contributed by atoms with Crippen LogP contribution in [0.25, 0.3) is 0 Å². The van der Waals surface area contributed by atoms with E-state index in [1.54, 1.807) is 11.8 Å². The van der Waals surface area contributed by atoms with Gasteiger partial charge in [-0.15, -0.1) is 11.8 Å². The van der Waals surface area contributed by atoms with Crippen molar-refractivity contribution in [3.8, 4) is 5.75 Å². The zero-order valence-electron chi connectivity index (χ0n) is 9.63. The molecule has 0 aromatic heterocycles. The van der Waals surface area contributed by atoms with Crippen LogP contribution in [0.1, 0.15) is 12.8 Å². The van der Waals surface area contributed by atoms with Crippen LogP contribution in [-0.2, 0) is 4.79 Å². The molecule has 1 rings (SSSR count). The molecular weight excluding hydrogens is 240 g/mol. The van der Waals surface area contributed by atoms with Crippen molar-refractivity contribution >= 4 is 17.7 Å². The molecule has 0 saturated heterocycles. The zero-order valence-corrected chi connectivity index (χ0v) is 10.4. The molecule has 0 bridgehead atoms. The van der Waals surface area contributed by atoms with Gasteiger partial charge in [-0.05, 0) is 18.4 Å². The molecule has 0 amide bonds. The Morgan fingerprint density at radius 1 is 1.47 bits per heavy atom. The lowest BCUT2D eigenvalue weighted by molar-refractivity contribution is -0.139. The smallest absolute Gasteiger partial charge is 0.305 e. The average Bonchev–Trinajstić information content (AvgIpc) is 2.28. The first-order chi connectivity index (χ1) is 8.13. The van der Waals surface area contributed by atoms with E-state index in [-0.39, 0.29) is 6.42 Å². The van der Waals surface area contributed by atoms with Gasteiger partial charge in [0.05, 0.1) is 19.1 Å². The number of hydrogen-bond acceptors (Lipinski definition) is 4. The summed E-state index contributed by atoms with van der Waals surface area (Å²) in [6.07, 6.45) is 1.18. The van der Waals surface area contributed by atoms with Crippen LogP contribution < -0.4 is 4.74 Å². The first kappa shape index (κ1) is 13.9. The molecule has 94 valence electrons. The van der Waals surface area contributed by atoms with E-state index < -0.39 is 12.1 Å². The third-order valence-corrected chi connectivity index (χ3v) is 2.97. The largest absolute Gasteiger partial charge is 0.492 e. The fourth-order valence-corrected chi connectivity index (χ4v) is 1.89. The van der Waals surface area contributed by atoms with Gasteiger partial charge < -0.3 is 14.9 Å². The second-order valence-electron chi connectivity index (χ2n) is 3.54. The Morgan fingerprint density at radius 2 is 2.18 bits per heavy atom. The number of benzene rings is 1. The highest BCUT2D eigenvalue weighted by Crippen LogP contribution is 2.26. The summed E-state index contributed by atoms with van der Waals surface area (Å²) < 4.78 is 5.51. The van der Waals surface area contributed by atoms with E-state index in [1.807, 2.05) is 30.5 Å². The van der Waals surface area contributed by atoms with E-state index in [0.717, 1.165) is 10.6 Å². The molecule has 1 unspecified atom stereocenters. The van der Waals surface area contributed by atoms with Gasteiger partial charge >= 0.3 is 5.97 Å². The zero-order chi connectivity index (χ0) is 12.7. The topological polar surface area (TPSA) is 66.8 Å². The number of aliphatic hydroxyl groups is 1. The van der Waals surface area contributed by atoms with Crippen molar-refractivity contribution < 1.29 is 19.7 Å². The van der Waals surface area contributed by atoms with Crippen molar-refractivity contribution in [2.45, 2.75) is 23.8 Å². The third kappa shape index (κ3) is 5.10. The summed E-state index contributed by atoms with van der Waals surface area (Å²) in [5.74, 6) is -0.232. The summed E-state index contributed by atoms with van der Waals surface area (Å²) >= 11 is 1.58. The van der Waals surface area contributed by atoms with Crippen LogP contribution in [0.15, 0.2) is 29.2 Å². The Kier molecular flexibility index (Phi) is 5.86. The highest BCUT2D eigenvalue weighted by atomic mass is 32.2. The van der Waals surface area contributed by atoms with Gasteiger partial charge in [-0.3, -0.25) is 4.79 Å². The minimum atomic E-state index is -0.998. The molecule has 1 atom stereocenters. The molecular formula is C12H16O4S. The minimum Gasteiger partial charge on any atom is -0.492 e. The highest BCUT2D eigenvalue weighted by Gasteiger charge is 2.10. The van der Waals surface area contributed by atoms with Gasteiger partial charge in [0.1, 0.15) is 5.75 Å². The number of carboxylic acid groups (broad SMARTS) is 1. The van der Waals surface area contributed by atoms with E-state index in [9.17, 15) is 9.90 Å². The molecule has 5 heteroatoms. The summed E-state index contributed by atoms with van der Waals surface area (Å²) in [6, 6.07) is 7.61. The van der Waals surface area contributed by atoms with Crippen LogP contribution in [0.3, 0.4) is 0 Å². The first-order valence-corrected chi connectivity index (χ1v) is 6.51. The van der Waals surface area contributed by atoms with Crippen LogP contribution in [0.5, 0.6) is 5.75 Å². The van der Waals surface area contributed by atoms with Crippen molar-refractivity contribution in [2.75, 3.05) is 12.9 Å². The molecule has 1 aromatic rings. The fourth-order valence-electron chi connectivity index (χ4n) is 1.35. The minimum absolute atomic E-state index is 0.243. The number of aliphatic hydroxyl groups excluding tert-OH is 1. The number of carbonyl (C=O) groups is 1. The third-order valence-electron chi connectivity index (χ3n) is 2.19. The fraction of sp³-hybridized carbons (Fsp3) is 0.417. The molecule has 0 saturated carbocycles. The lowest BCUT2D eigenvalue weighted by Crippen LogP contribution is -2.16. The molecule has 2 N–H and O–H groups in total. The van der Waals surface area contributed by atoms with Crippen LogP contribution in [0.2, 0.25) is 0 Å². The van der Waals surface area contributed by atoms with E-state index in [4.69, 9.17) is 9.84 Å². The Morgan fingerprint density at radius 3 is 2.82 bits per heavy atom. The number of rotatable bonds is 7. The predicted octanol–water partition coefficient (Wildman–Crippen LogP) is 2.01. The quantitative estimate of drug-likeness (QED) is 0.730. The van der Waals surface area contributed by atoms with Crippen molar-refractivity contribution in [3.63, 3.8) is 0 Å². The van der Waals surface area contributed by atoms with E-state index in [0.29, 0.717) is 13.0 Å². The molecule has 1 aromatic carbocycles. The summed E-state index contributed by atoms with van der Waals surface area (Å²) in [5, 5.41) is 17.8. The SMILES string of the molecule is CSc1ccccc1OCCC(O)CC(=O)O. The number of aliphatic carboxylic acids is 1. The van der Waals surface area contributed by atoms with Gasteiger partial charge in [0.2, 0.25) is 0 Å². The molecule has 0 aliphatic rings. The van der Waals surface area contributed by atoms with Crippen molar-refractivity contribution in [3.05, 3.63) is 24.3 Å². The standard InChI is InChI=1S/C12H16O4S/c1-17-11-5-3-2-4-10(11)16-7-6-9(13)8-12(14)15/h2-5,9,13H,6-8H2,1H3,(H,14,15). The van der Waals surface area contributed by atoms with E-state index >= 15 is 0 Å². The molecule has 0 spiro atoms. The first-order valence-electron chi connectivity index (χ1n) is 5.29. The number of thioether (sulfide) groups is 1. The van der Waals surface area contributed by atoms with Gasteiger partial charge in [0.15, 0.2) is 0 Å². The number of ether oxygens (including phenoxy) is 1. The predicted molar refractivity (Wildman–Crippen MR) is 66.6 cm³/mol. The van der Waals surface area contributed by atoms with Crippen molar-refractivity contribution in [1.82, 2.24) is 0 Å². The molecule has 0 fully saturated rings. The van der Waals surface area contributed by atoms with E-state index in [2.05, 4.69) is 0 Å². The van der Waals surface area contributed by atoms with Gasteiger partial charge in [-0.1, -0.05) is 12.1 Å². The van der Waals surface area contributed by atoms with Gasteiger partial charge in [0.25, 0.3) is 0 Å². The van der Waals surface area contributed by atoms with Crippen molar-refractivity contribution in [1.29, 1.82) is 0 Å². The summed E-state index contributed by atoms with van der Waals surface area (Å²) in [7, 11) is 0. The second kappa shape index (κ2) is 7.19. The summed E-state index contributed by atoms with van der Waals surface area (Å²) in [4.78, 5) is 11.4. The Hall–Kier alpha value is -1.20. The maximum atomic E-state index is 10.3. The van der Waals surface area contributed by atoms with Crippen LogP contribution >= 0.6 is 11.8 Å².